The first-order valence-corrected chi connectivity index (χ1v) is 7.08. The van der Waals surface area contributed by atoms with Gasteiger partial charge in [-0.05, 0) is 31.2 Å². The van der Waals surface area contributed by atoms with Crippen LogP contribution in [0.3, 0.4) is 0 Å². The van der Waals surface area contributed by atoms with Gasteiger partial charge in [-0.1, -0.05) is 0 Å². The third-order valence-corrected chi connectivity index (χ3v) is 4.19. The molecule has 2 rings (SSSR count). The summed E-state index contributed by atoms with van der Waals surface area (Å²) in [6.45, 7) is 1.52. The van der Waals surface area contributed by atoms with Gasteiger partial charge in [0.2, 0.25) is 0 Å². The Morgan fingerprint density at radius 3 is 2.70 bits per heavy atom. The van der Waals surface area contributed by atoms with E-state index in [9.17, 15) is 14.0 Å². The van der Waals surface area contributed by atoms with Crippen molar-refractivity contribution in [1.82, 2.24) is 4.90 Å². The first-order chi connectivity index (χ1) is 9.49. The molecule has 1 saturated heterocycles. The number of amides is 1. The number of thioether (sulfide) groups is 1. The Bertz CT molecular complexity index is 508. The number of rotatable bonds is 4. The quantitative estimate of drug-likeness (QED) is 0.914. The number of carboxylic acids is 1. The predicted molar refractivity (Wildman–Crippen MR) is 72.1 cm³/mol. The summed E-state index contributed by atoms with van der Waals surface area (Å²) in [6, 6.07) is 4.47. The van der Waals surface area contributed by atoms with Crippen molar-refractivity contribution in [2.45, 2.75) is 18.3 Å². The fourth-order valence-corrected chi connectivity index (χ4v) is 3.15. The van der Waals surface area contributed by atoms with E-state index in [0.717, 1.165) is 0 Å². The number of aliphatic carboxylic acids is 1. The number of benzene rings is 1. The number of ether oxygens (including phenoxy) is 1. The molecule has 5 nitrogen and oxygen atoms in total. The molecule has 1 aromatic rings. The van der Waals surface area contributed by atoms with Gasteiger partial charge in [0.05, 0.1) is 5.37 Å². The van der Waals surface area contributed by atoms with Crippen LogP contribution >= 0.6 is 11.8 Å². The molecule has 0 aliphatic carbocycles. The molecule has 20 heavy (non-hydrogen) atoms. The molecule has 1 aliphatic rings. The van der Waals surface area contributed by atoms with Gasteiger partial charge in [0.1, 0.15) is 17.6 Å². The van der Waals surface area contributed by atoms with E-state index in [-0.39, 0.29) is 23.7 Å². The zero-order valence-electron chi connectivity index (χ0n) is 10.8. The Morgan fingerprint density at radius 1 is 1.45 bits per heavy atom. The van der Waals surface area contributed by atoms with Crippen LogP contribution in [0.1, 0.15) is 6.92 Å². The smallest absolute Gasteiger partial charge is 0.327 e. The normalized spacial score (nSPS) is 21.8. The number of carbonyl (C=O) groups excluding carboxylic acids is 1. The van der Waals surface area contributed by atoms with Crippen LogP contribution in [0.15, 0.2) is 24.3 Å². The summed E-state index contributed by atoms with van der Waals surface area (Å²) < 4.78 is 18.0. The fraction of sp³-hybridized carbons (Fsp3) is 0.385. The molecule has 0 spiro atoms. The first kappa shape index (κ1) is 14.6. The summed E-state index contributed by atoms with van der Waals surface area (Å²) in [7, 11) is 0. The third-order valence-electron chi connectivity index (χ3n) is 2.97. The SMILES string of the molecule is CC1SCC(C(=O)O)N1C(=O)COc1ccc(F)cc1. The van der Waals surface area contributed by atoms with E-state index in [1.807, 2.05) is 0 Å². The Labute approximate surface area is 119 Å². The van der Waals surface area contributed by atoms with Gasteiger partial charge in [-0.15, -0.1) is 11.8 Å². The number of hydrogen-bond acceptors (Lipinski definition) is 4. The summed E-state index contributed by atoms with van der Waals surface area (Å²) in [4.78, 5) is 24.5. The van der Waals surface area contributed by atoms with E-state index < -0.39 is 12.0 Å². The molecule has 2 unspecified atom stereocenters. The molecule has 1 N–H and O–H groups in total. The molecular formula is C13H14FNO4S. The lowest BCUT2D eigenvalue weighted by Crippen LogP contribution is -2.46. The number of nitrogens with zero attached hydrogens (tertiary/aromatic N) is 1. The van der Waals surface area contributed by atoms with Crippen LogP contribution < -0.4 is 4.74 Å². The highest BCUT2D eigenvalue weighted by Gasteiger charge is 2.39. The summed E-state index contributed by atoms with van der Waals surface area (Å²) in [6.07, 6.45) is 0. The van der Waals surface area contributed by atoms with Gasteiger partial charge in [0, 0.05) is 5.75 Å². The fourth-order valence-electron chi connectivity index (χ4n) is 1.96. The molecule has 1 aliphatic heterocycles. The molecule has 0 aromatic heterocycles. The van der Waals surface area contributed by atoms with Crippen LogP contribution in [0.4, 0.5) is 4.39 Å². The van der Waals surface area contributed by atoms with Crippen LogP contribution in [-0.2, 0) is 9.59 Å². The first-order valence-electron chi connectivity index (χ1n) is 6.03. The molecule has 7 heteroatoms. The molecule has 0 bridgehead atoms. The van der Waals surface area contributed by atoms with Gasteiger partial charge < -0.3 is 14.7 Å². The number of hydrogen-bond donors (Lipinski definition) is 1. The Kier molecular flexibility index (Phi) is 4.49. The molecule has 1 aromatic carbocycles. The molecule has 2 atom stereocenters. The molecule has 1 heterocycles. The second-order valence-electron chi connectivity index (χ2n) is 4.33. The van der Waals surface area contributed by atoms with E-state index in [4.69, 9.17) is 9.84 Å². The van der Waals surface area contributed by atoms with E-state index in [0.29, 0.717) is 11.5 Å². The second kappa shape index (κ2) is 6.13. The average Bonchev–Trinajstić information content (AvgIpc) is 2.80. The van der Waals surface area contributed by atoms with Crippen molar-refractivity contribution in [3.8, 4) is 5.75 Å². The lowest BCUT2D eigenvalue weighted by Gasteiger charge is -2.24. The molecule has 1 amide bonds. The topological polar surface area (TPSA) is 66.8 Å². The zero-order valence-corrected chi connectivity index (χ0v) is 11.6. The maximum absolute atomic E-state index is 12.7. The van der Waals surface area contributed by atoms with Crippen molar-refractivity contribution in [1.29, 1.82) is 0 Å². The monoisotopic (exact) mass is 299 g/mol. The summed E-state index contributed by atoms with van der Waals surface area (Å²) in [5.74, 6) is -1.06. The van der Waals surface area contributed by atoms with Crippen molar-refractivity contribution >= 4 is 23.6 Å². The molecular weight excluding hydrogens is 285 g/mol. The summed E-state index contributed by atoms with van der Waals surface area (Å²) >= 11 is 1.41. The van der Waals surface area contributed by atoms with Gasteiger partial charge in [-0.2, -0.15) is 0 Å². The second-order valence-corrected chi connectivity index (χ2v) is 5.68. The number of carbonyl (C=O) groups is 2. The Balaban J connectivity index is 1.97. The van der Waals surface area contributed by atoms with Gasteiger partial charge >= 0.3 is 5.97 Å². The minimum Gasteiger partial charge on any atom is -0.484 e. The van der Waals surface area contributed by atoms with Crippen LogP contribution in [-0.4, -0.2) is 45.7 Å². The highest BCUT2D eigenvalue weighted by Crippen LogP contribution is 2.28. The molecule has 0 radical (unpaired) electrons. The van der Waals surface area contributed by atoms with Crippen molar-refractivity contribution < 1.29 is 23.8 Å². The van der Waals surface area contributed by atoms with Gasteiger partial charge in [0.25, 0.3) is 5.91 Å². The average molecular weight is 299 g/mol. The largest absolute Gasteiger partial charge is 0.484 e. The minimum atomic E-state index is -1.02. The van der Waals surface area contributed by atoms with E-state index >= 15 is 0 Å². The van der Waals surface area contributed by atoms with Crippen molar-refractivity contribution in [2.75, 3.05) is 12.4 Å². The maximum Gasteiger partial charge on any atom is 0.327 e. The van der Waals surface area contributed by atoms with Crippen LogP contribution in [0.25, 0.3) is 0 Å². The zero-order chi connectivity index (χ0) is 14.7. The van der Waals surface area contributed by atoms with Crippen LogP contribution in [0, 0.1) is 5.82 Å². The summed E-state index contributed by atoms with van der Waals surface area (Å²) in [5, 5.41) is 8.88. The molecule has 0 saturated carbocycles. The van der Waals surface area contributed by atoms with Crippen molar-refractivity contribution in [3.05, 3.63) is 30.1 Å². The molecule has 108 valence electrons. The van der Waals surface area contributed by atoms with Crippen LogP contribution in [0.2, 0.25) is 0 Å². The standard InChI is InChI=1S/C13H14FNO4S/c1-8-15(11(7-20-8)13(17)18)12(16)6-19-10-4-2-9(14)3-5-10/h2-5,8,11H,6-7H2,1H3,(H,17,18). The van der Waals surface area contributed by atoms with Gasteiger partial charge in [-0.3, -0.25) is 4.79 Å². The number of carboxylic acid groups (broad SMARTS) is 1. The van der Waals surface area contributed by atoms with E-state index in [2.05, 4.69) is 0 Å². The van der Waals surface area contributed by atoms with Crippen LogP contribution in [0.5, 0.6) is 5.75 Å². The Hall–Kier alpha value is -1.76. The minimum absolute atomic E-state index is 0.194. The lowest BCUT2D eigenvalue weighted by atomic mass is 10.3. The van der Waals surface area contributed by atoms with E-state index in [1.165, 1.54) is 40.9 Å². The van der Waals surface area contributed by atoms with Crippen molar-refractivity contribution in [2.24, 2.45) is 0 Å². The van der Waals surface area contributed by atoms with E-state index in [1.54, 1.807) is 6.92 Å². The highest BCUT2D eigenvalue weighted by molar-refractivity contribution is 8.00. The van der Waals surface area contributed by atoms with Crippen molar-refractivity contribution in [3.63, 3.8) is 0 Å². The summed E-state index contributed by atoms with van der Waals surface area (Å²) in [5.41, 5.74) is 0. The molecule has 1 fully saturated rings. The lowest BCUT2D eigenvalue weighted by molar-refractivity contribution is -0.149. The number of halogens is 1. The Morgan fingerprint density at radius 2 is 2.10 bits per heavy atom. The van der Waals surface area contributed by atoms with Gasteiger partial charge in [-0.25, -0.2) is 9.18 Å². The predicted octanol–water partition coefficient (Wildman–Crippen LogP) is 1.58. The third kappa shape index (κ3) is 3.22. The van der Waals surface area contributed by atoms with Gasteiger partial charge in [0.15, 0.2) is 6.61 Å². The maximum atomic E-state index is 12.7. The highest BCUT2D eigenvalue weighted by atomic mass is 32.2.